The summed E-state index contributed by atoms with van der Waals surface area (Å²) >= 11 is 0. The van der Waals surface area contributed by atoms with E-state index < -0.39 is 5.91 Å². The number of benzene rings is 2. The van der Waals surface area contributed by atoms with Gasteiger partial charge < -0.3 is 10.2 Å². The number of carbonyl (C=O) groups is 4. The Kier molecular flexibility index (Phi) is 3.99. The molecule has 0 unspecified atom stereocenters. The van der Waals surface area contributed by atoms with E-state index in [2.05, 4.69) is 5.32 Å². The number of hydrogen-bond donors (Lipinski definition) is 1. The fraction of sp³-hybridized carbons (Fsp3) is 0.200. The molecule has 27 heavy (non-hydrogen) atoms. The van der Waals surface area contributed by atoms with Crippen LogP contribution in [0.3, 0.4) is 0 Å². The molecule has 1 fully saturated rings. The maximum atomic E-state index is 12.5. The SMILES string of the molecule is CN1C(=O)c2ccc(C(=O)Nc3ccc(N4CCCC4=O)cc3)cc2C1=O. The Morgan fingerprint density at radius 1 is 0.963 bits per heavy atom. The van der Waals surface area contributed by atoms with Gasteiger partial charge in [0.25, 0.3) is 17.7 Å². The van der Waals surface area contributed by atoms with Crippen LogP contribution in [0.5, 0.6) is 0 Å². The maximum absolute atomic E-state index is 12.5. The lowest BCUT2D eigenvalue weighted by Gasteiger charge is -2.16. The van der Waals surface area contributed by atoms with E-state index in [0.29, 0.717) is 29.8 Å². The highest BCUT2D eigenvalue weighted by Gasteiger charge is 2.33. The normalized spacial score (nSPS) is 16.1. The molecule has 0 aliphatic carbocycles. The molecule has 0 spiro atoms. The minimum absolute atomic E-state index is 0.106. The summed E-state index contributed by atoms with van der Waals surface area (Å²) < 4.78 is 0. The lowest BCUT2D eigenvalue weighted by molar-refractivity contribution is -0.117. The second-order valence-corrected chi connectivity index (χ2v) is 6.58. The number of nitrogens with one attached hydrogen (secondary N) is 1. The van der Waals surface area contributed by atoms with Gasteiger partial charge in [-0.15, -0.1) is 0 Å². The molecule has 4 amide bonds. The van der Waals surface area contributed by atoms with Crippen LogP contribution >= 0.6 is 0 Å². The topological polar surface area (TPSA) is 86.8 Å². The number of nitrogens with zero attached hydrogens (tertiary/aromatic N) is 2. The van der Waals surface area contributed by atoms with Crippen LogP contribution < -0.4 is 10.2 Å². The second-order valence-electron chi connectivity index (χ2n) is 6.58. The largest absolute Gasteiger partial charge is 0.322 e. The van der Waals surface area contributed by atoms with Crippen molar-refractivity contribution >= 4 is 35.0 Å². The Labute approximate surface area is 155 Å². The first-order chi connectivity index (χ1) is 13.0. The Bertz CT molecular complexity index is 981. The van der Waals surface area contributed by atoms with Crippen LogP contribution in [0, 0.1) is 0 Å². The van der Waals surface area contributed by atoms with Gasteiger partial charge in [-0.3, -0.25) is 24.1 Å². The molecule has 2 heterocycles. The van der Waals surface area contributed by atoms with E-state index in [9.17, 15) is 19.2 Å². The summed E-state index contributed by atoms with van der Waals surface area (Å²) in [6.45, 7) is 0.709. The third-order valence-corrected chi connectivity index (χ3v) is 4.86. The molecule has 4 rings (SSSR count). The van der Waals surface area contributed by atoms with E-state index in [-0.39, 0.29) is 23.3 Å². The molecule has 1 saturated heterocycles. The minimum atomic E-state index is -0.413. The monoisotopic (exact) mass is 363 g/mol. The molecule has 0 atom stereocenters. The summed E-state index contributed by atoms with van der Waals surface area (Å²) in [6, 6.07) is 11.5. The standard InChI is InChI=1S/C20H17N3O4/c1-22-19(26)15-9-4-12(11-16(15)20(22)27)18(25)21-13-5-7-14(8-6-13)23-10-2-3-17(23)24/h4-9,11H,2-3,10H2,1H3,(H,21,25). The Morgan fingerprint density at radius 3 is 2.33 bits per heavy atom. The van der Waals surface area contributed by atoms with Crippen molar-refractivity contribution in [3.05, 3.63) is 59.2 Å². The first-order valence-electron chi connectivity index (χ1n) is 8.64. The molecule has 136 valence electrons. The van der Waals surface area contributed by atoms with Crippen molar-refractivity contribution in [2.45, 2.75) is 12.8 Å². The zero-order valence-corrected chi connectivity index (χ0v) is 14.7. The predicted molar refractivity (Wildman–Crippen MR) is 98.8 cm³/mol. The highest BCUT2D eigenvalue weighted by atomic mass is 16.2. The average molecular weight is 363 g/mol. The second kappa shape index (κ2) is 6.35. The smallest absolute Gasteiger partial charge is 0.261 e. The van der Waals surface area contributed by atoms with Gasteiger partial charge in [0.2, 0.25) is 5.91 Å². The third kappa shape index (κ3) is 2.87. The molecule has 0 bridgehead atoms. The lowest BCUT2D eigenvalue weighted by atomic mass is 10.1. The molecule has 0 radical (unpaired) electrons. The fourth-order valence-electron chi connectivity index (χ4n) is 3.35. The highest BCUT2D eigenvalue weighted by Crippen LogP contribution is 2.25. The van der Waals surface area contributed by atoms with Gasteiger partial charge in [-0.05, 0) is 48.9 Å². The summed E-state index contributed by atoms with van der Waals surface area (Å²) in [5.41, 5.74) is 2.22. The van der Waals surface area contributed by atoms with E-state index in [0.717, 1.165) is 17.0 Å². The summed E-state index contributed by atoms with van der Waals surface area (Å²) in [5, 5.41) is 2.76. The predicted octanol–water partition coefficient (Wildman–Crippen LogP) is 2.29. The van der Waals surface area contributed by atoms with Gasteiger partial charge in [0, 0.05) is 37.0 Å². The van der Waals surface area contributed by atoms with E-state index in [1.807, 2.05) is 0 Å². The van der Waals surface area contributed by atoms with Crippen molar-refractivity contribution in [1.82, 2.24) is 4.90 Å². The minimum Gasteiger partial charge on any atom is -0.322 e. The first kappa shape index (κ1) is 17.0. The van der Waals surface area contributed by atoms with E-state index in [1.54, 1.807) is 29.2 Å². The third-order valence-electron chi connectivity index (χ3n) is 4.86. The number of amides is 4. The van der Waals surface area contributed by atoms with Crippen molar-refractivity contribution in [3.8, 4) is 0 Å². The summed E-state index contributed by atoms with van der Waals surface area (Å²) in [7, 11) is 1.41. The number of anilines is 2. The Hall–Kier alpha value is -3.48. The van der Waals surface area contributed by atoms with Crippen molar-refractivity contribution in [1.29, 1.82) is 0 Å². The van der Waals surface area contributed by atoms with Crippen molar-refractivity contribution in [2.24, 2.45) is 0 Å². The molecule has 2 aromatic carbocycles. The van der Waals surface area contributed by atoms with Gasteiger partial charge in [-0.1, -0.05) is 0 Å². The van der Waals surface area contributed by atoms with Crippen LogP contribution in [0.2, 0.25) is 0 Å². The zero-order chi connectivity index (χ0) is 19.1. The average Bonchev–Trinajstić information content (AvgIpc) is 3.20. The van der Waals surface area contributed by atoms with E-state index in [1.165, 1.54) is 25.2 Å². The van der Waals surface area contributed by atoms with Gasteiger partial charge >= 0.3 is 0 Å². The molecule has 2 aliphatic rings. The van der Waals surface area contributed by atoms with Gasteiger partial charge in [-0.2, -0.15) is 0 Å². The fourth-order valence-corrected chi connectivity index (χ4v) is 3.35. The van der Waals surface area contributed by atoms with Crippen LogP contribution in [0.4, 0.5) is 11.4 Å². The quantitative estimate of drug-likeness (QED) is 0.848. The molecular weight excluding hydrogens is 346 g/mol. The summed E-state index contributed by atoms with van der Waals surface area (Å²) in [5.74, 6) is -1.05. The molecule has 0 saturated carbocycles. The van der Waals surface area contributed by atoms with Gasteiger partial charge in [-0.25, -0.2) is 0 Å². The van der Waals surface area contributed by atoms with Crippen LogP contribution in [0.1, 0.15) is 43.9 Å². The molecule has 1 N–H and O–H groups in total. The first-order valence-corrected chi connectivity index (χ1v) is 8.64. The molecule has 2 aromatic rings. The van der Waals surface area contributed by atoms with Gasteiger partial charge in [0.15, 0.2) is 0 Å². The molecule has 7 nitrogen and oxygen atoms in total. The summed E-state index contributed by atoms with van der Waals surface area (Å²) in [4.78, 5) is 51.0. The van der Waals surface area contributed by atoms with Gasteiger partial charge in [0.05, 0.1) is 11.1 Å². The Balaban J connectivity index is 1.51. The Morgan fingerprint density at radius 2 is 1.67 bits per heavy atom. The van der Waals surface area contributed by atoms with Gasteiger partial charge in [0.1, 0.15) is 0 Å². The number of rotatable bonds is 3. The van der Waals surface area contributed by atoms with E-state index >= 15 is 0 Å². The van der Waals surface area contributed by atoms with Crippen molar-refractivity contribution in [2.75, 3.05) is 23.8 Å². The van der Waals surface area contributed by atoms with E-state index in [4.69, 9.17) is 0 Å². The van der Waals surface area contributed by atoms with Crippen LogP contribution in [-0.2, 0) is 4.79 Å². The summed E-state index contributed by atoms with van der Waals surface area (Å²) in [6.07, 6.45) is 1.42. The van der Waals surface area contributed by atoms with Crippen LogP contribution in [0.25, 0.3) is 0 Å². The number of hydrogen-bond acceptors (Lipinski definition) is 4. The van der Waals surface area contributed by atoms with Crippen LogP contribution in [0.15, 0.2) is 42.5 Å². The van der Waals surface area contributed by atoms with Crippen molar-refractivity contribution in [3.63, 3.8) is 0 Å². The molecular formula is C20H17N3O4. The maximum Gasteiger partial charge on any atom is 0.261 e. The number of imide groups is 1. The zero-order valence-electron chi connectivity index (χ0n) is 14.7. The van der Waals surface area contributed by atoms with Crippen molar-refractivity contribution < 1.29 is 19.2 Å². The molecule has 2 aliphatic heterocycles. The lowest BCUT2D eigenvalue weighted by Crippen LogP contribution is -2.24. The molecule has 7 heteroatoms. The molecule has 0 aromatic heterocycles. The highest BCUT2D eigenvalue weighted by molar-refractivity contribution is 6.22. The number of carbonyl (C=O) groups excluding carboxylic acids is 4. The number of fused-ring (bicyclic) bond motifs is 1. The van der Waals surface area contributed by atoms with Crippen LogP contribution in [-0.4, -0.2) is 42.1 Å².